The highest BCUT2D eigenvalue weighted by Crippen LogP contribution is 2.83. The number of fused-ring (bicyclic) bond motifs is 1. The Morgan fingerprint density at radius 3 is 2.71 bits per heavy atom. The molecule has 3 aliphatic carbocycles. The molecule has 0 amide bonds. The SMILES string of the molecule is Nc1ncc(-c2cn([C@@]34C5[C@H]3[C@H]4CN5CCF)c(C3CC3)n2)cc1C(F)(F)F. The second kappa shape index (κ2) is 5.06. The number of halogens is 4. The van der Waals surface area contributed by atoms with Gasteiger partial charge in [-0.2, -0.15) is 13.2 Å². The molecule has 9 heteroatoms. The van der Waals surface area contributed by atoms with E-state index in [1.807, 2.05) is 6.20 Å². The van der Waals surface area contributed by atoms with Gasteiger partial charge in [0, 0.05) is 54.8 Å². The molecule has 5 nitrogen and oxygen atoms in total. The molecule has 2 aromatic rings. The van der Waals surface area contributed by atoms with E-state index in [0.29, 0.717) is 41.6 Å². The van der Waals surface area contributed by atoms with Crippen LogP contribution in [0.1, 0.15) is 30.1 Å². The molecular weight excluding hydrogens is 374 g/mol. The van der Waals surface area contributed by atoms with E-state index in [1.165, 1.54) is 6.20 Å². The number of hydrogen-bond donors (Lipinski definition) is 1. The van der Waals surface area contributed by atoms with Crippen LogP contribution in [0.5, 0.6) is 0 Å². The van der Waals surface area contributed by atoms with Gasteiger partial charge in [-0.05, 0) is 18.9 Å². The van der Waals surface area contributed by atoms with Crippen LogP contribution in [0.2, 0.25) is 0 Å². The van der Waals surface area contributed by atoms with Crippen LogP contribution in [0.25, 0.3) is 11.3 Å². The van der Waals surface area contributed by atoms with Crippen LogP contribution in [0.4, 0.5) is 23.4 Å². The molecule has 5 aliphatic rings. The number of imidazole rings is 1. The molecule has 5 fully saturated rings. The first-order chi connectivity index (χ1) is 13.4. The topological polar surface area (TPSA) is 60.0 Å². The van der Waals surface area contributed by atoms with Crippen molar-refractivity contribution in [3.63, 3.8) is 0 Å². The van der Waals surface area contributed by atoms with E-state index < -0.39 is 17.6 Å². The summed E-state index contributed by atoms with van der Waals surface area (Å²) in [7, 11) is 0. The van der Waals surface area contributed by atoms with Gasteiger partial charge in [0.2, 0.25) is 0 Å². The average molecular weight is 393 g/mol. The molecule has 28 heavy (non-hydrogen) atoms. The largest absolute Gasteiger partial charge is 0.419 e. The number of alkyl halides is 4. The van der Waals surface area contributed by atoms with E-state index >= 15 is 0 Å². The van der Waals surface area contributed by atoms with Crippen molar-refractivity contribution in [2.24, 2.45) is 11.8 Å². The number of hydrogen-bond acceptors (Lipinski definition) is 4. The number of nitrogens with zero attached hydrogens (tertiary/aromatic N) is 4. The molecule has 2 bridgehead atoms. The molecule has 0 radical (unpaired) electrons. The smallest absolute Gasteiger partial charge is 0.383 e. The predicted molar refractivity (Wildman–Crippen MR) is 93.1 cm³/mol. The van der Waals surface area contributed by atoms with Crippen molar-refractivity contribution in [1.82, 2.24) is 19.4 Å². The average Bonchev–Trinajstić information content (AvgIpc) is 3.58. The molecule has 2 saturated heterocycles. The van der Waals surface area contributed by atoms with E-state index in [4.69, 9.17) is 10.7 Å². The van der Waals surface area contributed by atoms with Gasteiger partial charge in [-0.15, -0.1) is 0 Å². The molecule has 0 aromatic carbocycles. The van der Waals surface area contributed by atoms with Gasteiger partial charge in [0.15, 0.2) is 0 Å². The summed E-state index contributed by atoms with van der Waals surface area (Å²) in [5.41, 5.74) is 5.31. The Kier molecular flexibility index (Phi) is 3.03. The lowest BCUT2D eigenvalue weighted by atomic mass is 10.1. The van der Waals surface area contributed by atoms with Crippen LogP contribution >= 0.6 is 0 Å². The van der Waals surface area contributed by atoms with Crippen LogP contribution in [0.15, 0.2) is 18.5 Å². The fourth-order valence-electron chi connectivity index (χ4n) is 5.50. The van der Waals surface area contributed by atoms with Crippen LogP contribution in [0.3, 0.4) is 0 Å². The predicted octanol–water partition coefficient (Wildman–Crippen LogP) is 3.03. The third-order valence-corrected chi connectivity index (χ3v) is 6.97. The van der Waals surface area contributed by atoms with E-state index in [0.717, 1.165) is 31.3 Å². The summed E-state index contributed by atoms with van der Waals surface area (Å²) in [6.07, 6.45) is 0.778. The summed E-state index contributed by atoms with van der Waals surface area (Å²) < 4.78 is 54.7. The Balaban J connectivity index is 1.40. The van der Waals surface area contributed by atoms with E-state index in [1.54, 1.807) is 0 Å². The minimum absolute atomic E-state index is 0.00750. The van der Waals surface area contributed by atoms with E-state index in [-0.39, 0.29) is 12.2 Å². The van der Waals surface area contributed by atoms with Gasteiger partial charge in [0.25, 0.3) is 0 Å². The van der Waals surface area contributed by atoms with Crippen LogP contribution in [0, 0.1) is 11.8 Å². The monoisotopic (exact) mass is 393 g/mol. The molecule has 148 valence electrons. The van der Waals surface area contributed by atoms with Crippen LogP contribution < -0.4 is 5.73 Å². The van der Waals surface area contributed by atoms with Crippen molar-refractivity contribution < 1.29 is 17.6 Å². The van der Waals surface area contributed by atoms with Crippen molar-refractivity contribution in [1.29, 1.82) is 0 Å². The maximum atomic E-state index is 13.2. The number of aromatic nitrogens is 3. The van der Waals surface area contributed by atoms with Crippen LogP contribution in [-0.2, 0) is 11.7 Å². The molecule has 2 aromatic heterocycles. The van der Waals surface area contributed by atoms with Gasteiger partial charge in [0.1, 0.15) is 18.3 Å². The van der Waals surface area contributed by atoms with Crippen molar-refractivity contribution in [3.8, 4) is 11.3 Å². The second-order valence-electron chi connectivity index (χ2n) is 8.43. The molecule has 1 unspecified atom stereocenters. The molecule has 7 rings (SSSR count). The molecule has 4 atom stereocenters. The first kappa shape index (κ1) is 16.8. The maximum absolute atomic E-state index is 13.2. The van der Waals surface area contributed by atoms with Crippen molar-refractivity contribution in [2.45, 2.75) is 36.5 Å². The first-order valence-electron chi connectivity index (χ1n) is 9.60. The van der Waals surface area contributed by atoms with E-state index in [2.05, 4.69) is 14.5 Å². The lowest BCUT2D eigenvalue weighted by Gasteiger charge is -2.16. The maximum Gasteiger partial charge on any atom is 0.419 e. The molecule has 4 heterocycles. The Bertz CT molecular complexity index is 975. The first-order valence-corrected chi connectivity index (χ1v) is 9.60. The molecule has 3 saturated carbocycles. The molecule has 2 N–H and O–H groups in total. The number of pyridine rings is 1. The Labute approximate surface area is 158 Å². The molecule has 2 aliphatic heterocycles. The Hall–Kier alpha value is -2.16. The summed E-state index contributed by atoms with van der Waals surface area (Å²) in [6.45, 7) is 1.00. The normalized spacial score (nSPS) is 33.2. The lowest BCUT2D eigenvalue weighted by Crippen LogP contribution is -2.27. The van der Waals surface area contributed by atoms with Crippen molar-refractivity contribution in [2.75, 3.05) is 25.5 Å². The minimum Gasteiger partial charge on any atom is -0.383 e. The fourth-order valence-corrected chi connectivity index (χ4v) is 5.50. The van der Waals surface area contributed by atoms with Crippen molar-refractivity contribution in [3.05, 3.63) is 29.8 Å². The number of nitrogen functional groups attached to an aromatic ring is 1. The van der Waals surface area contributed by atoms with Crippen molar-refractivity contribution >= 4 is 5.82 Å². The standard InChI is InChI=1S/C19H19F4N5/c20-3-4-27-7-12-14-15(27)18(12,14)28-8-13(26-17(28)9-1-2-9)10-5-11(19(21,22)23)16(24)25-6-10/h5-6,8-9,12,14-15H,1-4,7H2,(H2,24,25)/t12-,14-,15?,18-/m1/s1. The quantitative estimate of drug-likeness (QED) is 0.794. The highest BCUT2D eigenvalue weighted by Gasteiger charge is 2.93. The third-order valence-electron chi connectivity index (χ3n) is 6.97. The lowest BCUT2D eigenvalue weighted by molar-refractivity contribution is -0.137. The Morgan fingerprint density at radius 2 is 2.07 bits per heavy atom. The van der Waals surface area contributed by atoms with E-state index in [9.17, 15) is 17.6 Å². The number of rotatable bonds is 5. The number of piperidine rings is 1. The summed E-state index contributed by atoms with van der Waals surface area (Å²) >= 11 is 0. The van der Waals surface area contributed by atoms with Gasteiger partial charge >= 0.3 is 6.18 Å². The van der Waals surface area contributed by atoms with Crippen LogP contribution in [-0.4, -0.2) is 45.2 Å². The zero-order chi connectivity index (χ0) is 19.4. The minimum atomic E-state index is -4.56. The second-order valence-corrected chi connectivity index (χ2v) is 8.43. The molecule has 0 spiro atoms. The zero-order valence-electron chi connectivity index (χ0n) is 15.0. The van der Waals surface area contributed by atoms with Gasteiger partial charge < -0.3 is 10.3 Å². The van der Waals surface area contributed by atoms with Gasteiger partial charge in [-0.3, -0.25) is 4.90 Å². The van der Waals surface area contributed by atoms with Gasteiger partial charge in [0.05, 0.1) is 16.8 Å². The summed E-state index contributed by atoms with van der Waals surface area (Å²) in [4.78, 5) is 10.7. The third kappa shape index (κ3) is 2.00. The summed E-state index contributed by atoms with van der Waals surface area (Å²) in [5, 5.41) is 0. The highest BCUT2D eigenvalue weighted by atomic mass is 19.4. The summed E-state index contributed by atoms with van der Waals surface area (Å²) in [6, 6.07) is 1.38. The number of anilines is 1. The van der Waals surface area contributed by atoms with Gasteiger partial charge in [-0.1, -0.05) is 0 Å². The van der Waals surface area contributed by atoms with Gasteiger partial charge in [-0.25, -0.2) is 14.4 Å². The summed E-state index contributed by atoms with van der Waals surface area (Å²) in [5.74, 6) is 1.84. The molecular formula is C19H19F4N5. The zero-order valence-corrected chi connectivity index (χ0v) is 15.0. The Morgan fingerprint density at radius 1 is 1.29 bits per heavy atom. The number of nitrogens with two attached hydrogens (primary N) is 1. The fraction of sp³-hybridized carbons (Fsp3) is 0.579. The highest BCUT2D eigenvalue weighted by molar-refractivity contribution is 5.63.